The SMILES string of the molecule is Clc1ccc(Cl)c(CNCCCn2ccnn2)c1. The molecule has 1 N–H and O–H groups in total. The number of hydrogen-bond donors (Lipinski definition) is 1. The van der Waals surface area contributed by atoms with Crippen molar-refractivity contribution in [3.63, 3.8) is 0 Å². The summed E-state index contributed by atoms with van der Waals surface area (Å²) in [5.74, 6) is 0. The Morgan fingerprint density at radius 3 is 2.94 bits per heavy atom. The molecule has 96 valence electrons. The number of aromatic nitrogens is 3. The predicted octanol–water partition coefficient (Wildman–Crippen LogP) is 2.76. The molecule has 1 aromatic carbocycles. The molecule has 0 bridgehead atoms. The molecule has 2 aromatic rings. The lowest BCUT2D eigenvalue weighted by atomic mass is 10.2. The van der Waals surface area contributed by atoms with Crippen molar-refractivity contribution < 1.29 is 0 Å². The quantitative estimate of drug-likeness (QED) is 0.830. The van der Waals surface area contributed by atoms with E-state index in [2.05, 4.69) is 15.6 Å². The van der Waals surface area contributed by atoms with E-state index >= 15 is 0 Å². The maximum absolute atomic E-state index is 6.07. The van der Waals surface area contributed by atoms with Crippen LogP contribution in [-0.4, -0.2) is 21.5 Å². The molecule has 0 unspecified atom stereocenters. The van der Waals surface area contributed by atoms with E-state index in [9.17, 15) is 0 Å². The fourth-order valence-electron chi connectivity index (χ4n) is 1.62. The molecule has 0 radical (unpaired) electrons. The molecule has 18 heavy (non-hydrogen) atoms. The van der Waals surface area contributed by atoms with Gasteiger partial charge in [-0.25, -0.2) is 0 Å². The van der Waals surface area contributed by atoms with Crippen molar-refractivity contribution in [3.8, 4) is 0 Å². The van der Waals surface area contributed by atoms with Crippen molar-refractivity contribution in [2.24, 2.45) is 0 Å². The maximum Gasteiger partial charge on any atom is 0.0692 e. The summed E-state index contributed by atoms with van der Waals surface area (Å²) in [6, 6.07) is 5.49. The third kappa shape index (κ3) is 3.98. The zero-order valence-electron chi connectivity index (χ0n) is 9.81. The van der Waals surface area contributed by atoms with Gasteiger partial charge in [-0.2, -0.15) is 0 Å². The number of halogens is 2. The zero-order valence-corrected chi connectivity index (χ0v) is 11.3. The van der Waals surface area contributed by atoms with E-state index in [-0.39, 0.29) is 0 Å². The first-order valence-electron chi connectivity index (χ1n) is 5.74. The van der Waals surface area contributed by atoms with Crippen LogP contribution in [-0.2, 0) is 13.1 Å². The summed E-state index contributed by atoms with van der Waals surface area (Å²) in [4.78, 5) is 0. The minimum atomic E-state index is 0.707. The summed E-state index contributed by atoms with van der Waals surface area (Å²) >= 11 is 12.0. The van der Waals surface area contributed by atoms with Crippen LogP contribution in [0.1, 0.15) is 12.0 Å². The smallest absolute Gasteiger partial charge is 0.0692 e. The molecule has 0 aliphatic heterocycles. The third-order valence-corrected chi connectivity index (χ3v) is 3.14. The van der Waals surface area contributed by atoms with Gasteiger partial charge in [0.1, 0.15) is 0 Å². The van der Waals surface area contributed by atoms with Gasteiger partial charge >= 0.3 is 0 Å². The number of nitrogens with one attached hydrogen (secondary N) is 1. The van der Waals surface area contributed by atoms with Crippen LogP contribution in [0.4, 0.5) is 0 Å². The van der Waals surface area contributed by atoms with Crippen molar-refractivity contribution in [2.45, 2.75) is 19.5 Å². The number of hydrogen-bond acceptors (Lipinski definition) is 3. The minimum Gasteiger partial charge on any atom is -0.313 e. The van der Waals surface area contributed by atoms with E-state index in [4.69, 9.17) is 23.2 Å². The van der Waals surface area contributed by atoms with E-state index < -0.39 is 0 Å². The van der Waals surface area contributed by atoms with Crippen LogP contribution < -0.4 is 5.32 Å². The highest BCUT2D eigenvalue weighted by molar-refractivity contribution is 6.33. The highest BCUT2D eigenvalue weighted by atomic mass is 35.5. The van der Waals surface area contributed by atoms with E-state index in [0.717, 1.165) is 36.6 Å². The summed E-state index contributed by atoms with van der Waals surface area (Å²) in [5, 5.41) is 12.4. The van der Waals surface area contributed by atoms with Crippen molar-refractivity contribution in [1.82, 2.24) is 20.3 Å². The van der Waals surface area contributed by atoms with Gasteiger partial charge in [0, 0.05) is 29.3 Å². The molecule has 0 saturated heterocycles. The van der Waals surface area contributed by atoms with Crippen molar-refractivity contribution in [1.29, 1.82) is 0 Å². The van der Waals surface area contributed by atoms with Crippen LogP contribution in [0.2, 0.25) is 10.0 Å². The number of rotatable bonds is 6. The van der Waals surface area contributed by atoms with Gasteiger partial charge in [-0.05, 0) is 36.7 Å². The Morgan fingerprint density at radius 2 is 2.17 bits per heavy atom. The number of aryl methyl sites for hydroxylation is 1. The van der Waals surface area contributed by atoms with Gasteiger partial charge in [-0.3, -0.25) is 4.68 Å². The van der Waals surface area contributed by atoms with Crippen LogP contribution in [0.15, 0.2) is 30.6 Å². The average Bonchev–Trinajstić information content (AvgIpc) is 2.86. The largest absolute Gasteiger partial charge is 0.313 e. The first-order valence-corrected chi connectivity index (χ1v) is 6.50. The molecule has 0 amide bonds. The molecule has 0 saturated carbocycles. The van der Waals surface area contributed by atoms with Gasteiger partial charge in [-0.15, -0.1) is 5.10 Å². The number of nitrogens with zero attached hydrogens (tertiary/aromatic N) is 3. The fourth-order valence-corrected chi connectivity index (χ4v) is 2.00. The molecule has 0 aliphatic carbocycles. The first kappa shape index (κ1) is 13.3. The van der Waals surface area contributed by atoms with Crippen LogP contribution in [0, 0.1) is 0 Å². The normalized spacial score (nSPS) is 10.8. The molecule has 0 fully saturated rings. The van der Waals surface area contributed by atoms with Gasteiger partial charge in [0.25, 0.3) is 0 Å². The second-order valence-electron chi connectivity index (χ2n) is 3.93. The van der Waals surface area contributed by atoms with Gasteiger partial charge in [0.2, 0.25) is 0 Å². The van der Waals surface area contributed by atoms with Crippen LogP contribution in [0.25, 0.3) is 0 Å². The average molecular weight is 285 g/mol. The molecule has 0 aliphatic rings. The molecule has 1 aromatic heterocycles. The van der Waals surface area contributed by atoms with E-state index in [1.54, 1.807) is 12.3 Å². The molecular weight excluding hydrogens is 271 g/mol. The summed E-state index contributed by atoms with van der Waals surface area (Å²) in [7, 11) is 0. The molecule has 0 spiro atoms. The lowest BCUT2D eigenvalue weighted by Gasteiger charge is -2.07. The Kier molecular flexibility index (Phi) is 4.99. The Hall–Kier alpha value is -1.10. The topological polar surface area (TPSA) is 42.7 Å². The predicted molar refractivity (Wildman–Crippen MR) is 72.8 cm³/mol. The van der Waals surface area contributed by atoms with Crippen LogP contribution >= 0.6 is 23.2 Å². The highest BCUT2D eigenvalue weighted by Crippen LogP contribution is 2.20. The van der Waals surface area contributed by atoms with E-state index in [0.29, 0.717) is 5.02 Å². The third-order valence-electron chi connectivity index (χ3n) is 2.54. The van der Waals surface area contributed by atoms with Gasteiger partial charge < -0.3 is 5.32 Å². The Labute approximate surface area is 116 Å². The van der Waals surface area contributed by atoms with Gasteiger partial charge in [-0.1, -0.05) is 28.4 Å². The summed E-state index contributed by atoms with van der Waals surface area (Å²) in [6.45, 7) is 2.47. The van der Waals surface area contributed by atoms with Crippen LogP contribution in [0.5, 0.6) is 0 Å². The fraction of sp³-hybridized carbons (Fsp3) is 0.333. The molecular formula is C12H14Cl2N4. The Balaban J connectivity index is 1.70. The zero-order chi connectivity index (χ0) is 12.8. The molecule has 6 heteroatoms. The monoisotopic (exact) mass is 284 g/mol. The van der Waals surface area contributed by atoms with Crippen molar-refractivity contribution in [3.05, 3.63) is 46.2 Å². The lowest BCUT2D eigenvalue weighted by Crippen LogP contribution is -2.17. The lowest BCUT2D eigenvalue weighted by molar-refractivity contribution is 0.530. The minimum absolute atomic E-state index is 0.707. The van der Waals surface area contributed by atoms with Crippen LogP contribution in [0.3, 0.4) is 0 Å². The highest BCUT2D eigenvalue weighted by Gasteiger charge is 2.00. The maximum atomic E-state index is 6.07. The van der Waals surface area contributed by atoms with E-state index in [1.807, 2.05) is 23.0 Å². The van der Waals surface area contributed by atoms with E-state index in [1.165, 1.54) is 0 Å². The Morgan fingerprint density at radius 1 is 1.28 bits per heavy atom. The Bertz CT molecular complexity index is 485. The summed E-state index contributed by atoms with van der Waals surface area (Å²) in [5.41, 5.74) is 1.02. The van der Waals surface area contributed by atoms with Gasteiger partial charge in [0.15, 0.2) is 0 Å². The first-order chi connectivity index (χ1) is 8.75. The summed E-state index contributed by atoms with van der Waals surface area (Å²) < 4.78 is 1.81. The molecule has 1 heterocycles. The molecule has 2 rings (SSSR count). The molecule has 4 nitrogen and oxygen atoms in total. The van der Waals surface area contributed by atoms with Crippen molar-refractivity contribution >= 4 is 23.2 Å². The van der Waals surface area contributed by atoms with Crippen molar-refractivity contribution in [2.75, 3.05) is 6.54 Å². The second kappa shape index (κ2) is 6.73. The second-order valence-corrected chi connectivity index (χ2v) is 4.78. The van der Waals surface area contributed by atoms with Gasteiger partial charge in [0.05, 0.1) is 6.20 Å². The molecule has 0 atom stereocenters. The number of benzene rings is 1. The summed E-state index contributed by atoms with van der Waals surface area (Å²) in [6.07, 6.45) is 4.52. The standard InChI is InChI=1S/C12H14Cl2N4/c13-11-2-3-12(14)10(8-11)9-15-4-1-6-18-7-5-16-17-18/h2-3,5,7-8,15H,1,4,6,9H2.